The highest BCUT2D eigenvalue weighted by Crippen LogP contribution is 2.22. The topological polar surface area (TPSA) is 76.3 Å². The molecule has 1 saturated heterocycles. The SMILES string of the molecule is CC(=O)C1CCN(c2cncc3nnnn23)CC1. The molecule has 2 aromatic heterocycles. The Kier molecular flexibility index (Phi) is 2.66. The van der Waals surface area contributed by atoms with E-state index in [4.69, 9.17) is 0 Å². The largest absolute Gasteiger partial charge is 0.355 e. The first-order valence-electron chi connectivity index (χ1n) is 6.03. The van der Waals surface area contributed by atoms with Crippen molar-refractivity contribution in [2.75, 3.05) is 18.0 Å². The predicted octanol–water partition coefficient (Wildman–Crippen LogP) is 0.325. The third-order valence-electron chi connectivity index (χ3n) is 3.48. The van der Waals surface area contributed by atoms with Crippen LogP contribution in [0.15, 0.2) is 12.4 Å². The number of Topliss-reactive ketones (excluding diaryl/α,β-unsaturated/α-hetero) is 1. The number of aromatic nitrogens is 5. The van der Waals surface area contributed by atoms with Crippen LogP contribution in [0.1, 0.15) is 19.8 Å². The molecule has 0 unspecified atom stereocenters. The van der Waals surface area contributed by atoms with Crippen molar-refractivity contribution in [1.29, 1.82) is 0 Å². The maximum Gasteiger partial charge on any atom is 0.199 e. The van der Waals surface area contributed by atoms with Crippen LogP contribution in [0.4, 0.5) is 5.82 Å². The summed E-state index contributed by atoms with van der Waals surface area (Å²) in [5, 5.41) is 11.5. The van der Waals surface area contributed by atoms with Crippen LogP contribution < -0.4 is 4.90 Å². The number of nitrogens with zero attached hydrogens (tertiary/aromatic N) is 6. The number of rotatable bonds is 2. The summed E-state index contributed by atoms with van der Waals surface area (Å²) >= 11 is 0. The van der Waals surface area contributed by atoms with Gasteiger partial charge in [0.15, 0.2) is 11.5 Å². The van der Waals surface area contributed by atoms with Crippen LogP contribution >= 0.6 is 0 Å². The molecule has 0 aliphatic carbocycles. The van der Waals surface area contributed by atoms with E-state index in [0.29, 0.717) is 5.65 Å². The molecule has 2 aromatic rings. The zero-order chi connectivity index (χ0) is 12.5. The molecule has 0 atom stereocenters. The minimum absolute atomic E-state index is 0.197. The van der Waals surface area contributed by atoms with Crippen molar-refractivity contribution in [3.05, 3.63) is 12.4 Å². The summed E-state index contributed by atoms with van der Waals surface area (Å²) < 4.78 is 1.68. The van der Waals surface area contributed by atoms with Crippen molar-refractivity contribution in [3.8, 4) is 0 Å². The summed E-state index contributed by atoms with van der Waals surface area (Å²) in [6.45, 7) is 3.35. The average molecular weight is 246 g/mol. The Morgan fingerprint density at radius 1 is 1.33 bits per heavy atom. The fraction of sp³-hybridized carbons (Fsp3) is 0.545. The molecule has 0 N–H and O–H groups in total. The monoisotopic (exact) mass is 246 g/mol. The van der Waals surface area contributed by atoms with E-state index >= 15 is 0 Å². The van der Waals surface area contributed by atoms with E-state index in [0.717, 1.165) is 31.7 Å². The van der Waals surface area contributed by atoms with Gasteiger partial charge in [0, 0.05) is 19.0 Å². The Morgan fingerprint density at radius 3 is 2.83 bits per heavy atom. The fourth-order valence-corrected chi connectivity index (χ4v) is 2.39. The molecule has 18 heavy (non-hydrogen) atoms. The van der Waals surface area contributed by atoms with Gasteiger partial charge in [-0.1, -0.05) is 0 Å². The van der Waals surface area contributed by atoms with Crippen molar-refractivity contribution in [2.24, 2.45) is 5.92 Å². The van der Waals surface area contributed by atoms with Crippen molar-refractivity contribution in [2.45, 2.75) is 19.8 Å². The quantitative estimate of drug-likeness (QED) is 0.759. The van der Waals surface area contributed by atoms with Gasteiger partial charge in [-0.25, -0.2) is 0 Å². The van der Waals surface area contributed by atoms with Crippen LogP contribution in [-0.4, -0.2) is 43.9 Å². The second kappa shape index (κ2) is 4.32. The van der Waals surface area contributed by atoms with Gasteiger partial charge >= 0.3 is 0 Å². The van der Waals surface area contributed by atoms with Crippen molar-refractivity contribution in [1.82, 2.24) is 25.0 Å². The summed E-state index contributed by atoms with van der Waals surface area (Å²) in [5.74, 6) is 1.37. The molecule has 0 amide bonds. The Morgan fingerprint density at radius 2 is 2.11 bits per heavy atom. The molecule has 0 bridgehead atoms. The predicted molar refractivity (Wildman–Crippen MR) is 64.2 cm³/mol. The first-order valence-corrected chi connectivity index (χ1v) is 6.03. The van der Waals surface area contributed by atoms with Crippen molar-refractivity contribution >= 4 is 17.2 Å². The highest BCUT2D eigenvalue weighted by atomic mass is 16.1. The Hall–Kier alpha value is -2.05. The van der Waals surface area contributed by atoms with Gasteiger partial charge < -0.3 is 4.90 Å². The normalized spacial score (nSPS) is 17.3. The van der Waals surface area contributed by atoms with Crippen LogP contribution in [0.25, 0.3) is 5.65 Å². The number of ketones is 1. The Balaban J connectivity index is 1.84. The molecule has 0 aromatic carbocycles. The van der Waals surface area contributed by atoms with E-state index in [1.54, 1.807) is 23.8 Å². The van der Waals surface area contributed by atoms with E-state index < -0.39 is 0 Å². The van der Waals surface area contributed by atoms with Crippen LogP contribution in [0.5, 0.6) is 0 Å². The minimum atomic E-state index is 0.197. The van der Waals surface area contributed by atoms with E-state index in [9.17, 15) is 4.79 Å². The van der Waals surface area contributed by atoms with Gasteiger partial charge in [-0.15, -0.1) is 5.10 Å². The van der Waals surface area contributed by atoms with Crippen LogP contribution in [0.3, 0.4) is 0 Å². The molecule has 0 radical (unpaired) electrons. The second-order valence-electron chi connectivity index (χ2n) is 4.59. The van der Waals surface area contributed by atoms with E-state index in [2.05, 4.69) is 25.4 Å². The van der Waals surface area contributed by atoms with Crippen LogP contribution in [0.2, 0.25) is 0 Å². The molecule has 1 aliphatic rings. The maximum absolute atomic E-state index is 11.3. The van der Waals surface area contributed by atoms with Gasteiger partial charge in [-0.3, -0.25) is 9.78 Å². The van der Waals surface area contributed by atoms with Crippen molar-refractivity contribution in [3.63, 3.8) is 0 Å². The molecule has 1 fully saturated rings. The molecule has 3 rings (SSSR count). The van der Waals surface area contributed by atoms with E-state index in [-0.39, 0.29) is 11.7 Å². The lowest BCUT2D eigenvalue weighted by Gasteiger charge is -2.31. The highest BCUT2D eigenvalue weighted by molar-refractivity contribution is 5.78. The van der Waals surface area contributed by atoms with Crippen LogP contribution in [0, 0.1) is 5.92 Å². The third kappa shape index (κ3) is 1.81. The standard InChI is InChI=1S/C11H14N6O/c1-8(18)9-2-4-16(5-3-9)11-7-12-6-10-13-14-15-17(10)11/h6-7,9H,2-5H2,1H3. The van der Waals surface area contributed by atoms with Crippen molar-refractivity contribution < 1.29 is 4.79 Å². The summed E-state index contributed by atoms with van der Waals surface area (Å²) in [7, 11) is 0. The zero-order valence-corrected chi connectivity index (χ0v) is 10.2. The summed E-state index contributed by atoms with van der Waals surface area (Å²) in [4.78, 5) is 17.7. The average Bonchev–Trinajstić information content (AvgIpc) is 2.87. The van der Waals surface area contributed by atoms with Gasteiger partial charge in [-0.2, -0.15) is 4.52 Å². The lowest BCUT2D eigenvalue weighted by molar-refractivity contribution is -0.121. The molecule has 0 spiro atoms. The molecule has 94 valence electrons. The number of tetrazole rings is 1. The summed E-state index contributed by atoms with van der Waals surface area (Å²) in [5.41, 5.74) is 0.640. The molecule has 1 aliphatic heterocycles. The third-order valence-corrected chi connectivity index (χ3v) is 3.48. The van der Waals surface area contributed by atoms with Crippen LogP contribution in [-0.2, 0) is 4.79 Å². The first-order chi connectivity index (χ1) is 8.75. The van der Waals surface area contributed by atoms with E-state index in [1.807, 2.05) is 0 Å². The minimum Gasteiger partial charge on any atom is -0.355 e. The fourth-order valence-electron chi connectivity index (χ4n) is 2.39. The number of piperidine rings is 1. The number of carbonyl (C=O) groups excluding carboxylic acids is 1. The highest BCUT2D eigenvalue weighted by Gasteiger charge is 2.24. The molecular formula is C11H14N6O. The molecule has 7 heteroatoms. The Labute approximate surface area is 104 Å². The van der Waals surface area contributed by atoms with Gasteiger partial charge in [0.05, 0.1) is 12.4 Å². The van der Waals surface area contributed by atoms with Gasteiger partial charge in [0.2, 0.25) is 0 Å². The van der Waals surface area contributed by atoms with Gasteiger partial charge in [-0.05, 0) is 30.2 Å². The summed E-state index contributed by atoms with van der Waals surface area (Å²) in [6, 6.07) is 0. The maximum atomic E-state index is 11.3. The lowest BCUT2D eigenvalue weighted by atomic mass is 9.93. The second-order valence-corrected chi connectivity index (χ2v) is 4.59. The molecule has 7 nitrogen and oxygen atoms in total. The molecule has 3 heterocycles. The Bertz CT molecular complexity index is 572. The van der Waals surface area contributed by atoms with Gasteiger partial charge in [0.1, 0.15) is 5.78 Å². The summed E-state index contributed by atoms with van der Waals surface area (Å²) in [6.07, 6.45) is 5.16. The number of anilines is 1. The molecular weight excluding hydrogens is 232 g/mol. The van der Waals surface area contributed by atoms with E-state index in [1.165, 1.54) is 0 Å². The number of fused-ring (bicyclic) bond motifs is 1. The first kappa shape index (κ1) is 11.1. The lowest BCUT2D eigenvalue weighted by Crippen LogP contribution is -2.37. The van der Waals surface area contributed by atoms with Gasteiger partial charge in [0.25, 0.3) is 0 Å². The zero-order valence-electron chi connectivity index (χ0n) is 10.2. The molecule has 0 saturated carbocycles. The number of hydrogen-bond acceptors (Lipinski definition) is 6. The number of carbonyl (C=O) groups is 1. The number of hydrogen-bond donors (Lipinski definition) is 0. The smallest absolute Gasteiger partial charge is 0.199 e.